The van der Waals surface area contributed by atoms with Gasteiger partial charge in [0.15, 0.2) is 31.5 Å². The van der Waals surface area contributed by atoms with E-state index in [0.717, 1.165) is 10.5 Å². The maximum atomic E-state index is 14.1. The van der Waals surface area contributed by atoms with E-state index in [1.807, 2.05) is 30.3 Å². The van der Waals surface area contributed by atoms with Gasteiger partial charge in [-0.2, -0.15) is 0 Å². The fourth-order valence-corrected chi connectivity index (χ4v) is 6.97. The summed E-state index contributed by atoms with van der Waals surface area (Å²) in [6.07, 6.45) is 1.33. The lowest BCUT2D eigenvalue weighted by Crippen LogP contribution is -2.45. The molecule has 1 fully saturated rings. The molecule has 0 bridgehead atoms. The Morgan fingerprint density at radius 3 is 2.09 bits per heavy atom. The van der Waals surface area contributed by atoms with Crippen molar-refractivity contribution in [2.24, 2.45) is 5.11 Å². The molecule has 54 heavy (non-hydrogen) atoms. The summed E-state index contributed by atoms with van der Waals surface area (Å²) in [6.45, 7) is 10.3. The molecule has 2 amide bonds. The lowest BCUT2D eigenvalue weighted by Gasteiger charge is -2.39. The van der Waals surface area contributed by atoms with Crippen LogP contribution in [0.4, 0.5) is 5.82 Å². The van der Waals surface area contributed by atoms with E-state index in [-0.39, 0.29) is 46.3 Å². The molecular weight excluding hydrogens is 705 g/mol. The first-order valence-corrected chi connectivity index (χ1v) is 20.2. The van der Waals surface area contributed by atoms with Gasteiger partial charge in [0, 0.05) is 22.1 Å². The summed E-state index contributed by atoms with van der Waals surface area (Å²) in [5.74, 6) is -1.87. The van der Waals surface area contributed by atoms with Gasteiger partial charge in [-0.1, -0.05) is 92.6 Å². The minimum Gasteiger partial charge on any atom is -0.458 e. The van der Waals surface area contributed by atoms with Crippen LogP contribution in [0.15, 0.2) is 120 Å². The third kappa shape index (κ3) is 7.99. The number of esters is 1. The highest BCUT2D eigenvalue weighted by Gasteiger charge is 2.48. The number of imidazole rings is 1. The van der Waals surface area contributed by atoms with Gasteiger partial charge in [-0.15, -0.1) is 0 Å². The Balaban J connectivity index is 1.45. The van der Waals surface area contributed by atoms with Crippen LogP contribution in [-0.4, -0.2) is 64.4 Å². The number of imide groups is 1. The second-order valence-electron chi connectivity index (χ2n) is 14.2. The summed E-state index contributed by atoms with van der Waals surface area (Å²) in [4.78, 5) is 59.0. The predicted octanol–water partition coefficient (Wildman–Crippen LogP) is 7.58. The van der Waals surface area contributed by atoms with Gasteiger partial charge in [-0.05, 0) is 59.1 Å². The number of ether oxygens (including phenoxy) is 2. The summed E-state index contributed by atoms with van der Waals surface area (Å²) < 4.78 is 20.8. The van der Waals surface area contributed by atoms with Crippen LogP contribution in [0.25, 0.3) is 21.6 Å². The first kappa shape index (κ1) is 37.8. The van der Waals surface area contributed by atoms with Gasteiger partial charge in [-0.3, -0.25) is 14.2 Å². The molecule has 0 unspecified atom stereocenters. The molecule has 0 saturated carbocycles. The number of rotatable bonds is 11. The van der Waals surface area contributed by atoms with E-state index in [4.69, 9.17) is 13.9 Å². The average Bonchev–Trinajstić information content (AvgIpc) is 3.74. The number of amides is 2. The van der Waals surface area contributed by atoms with Crippen molar-refractivity contribution < 1.29 is 28.3 Å². The number of anilines is 1. The Hall–Kier alpha value is -5.99. The van der Waals surface area contributed by atoms with Crippen molar-refractivity contribution in [1.29, 1.82) is 0 Å². The number of benzene rings is 3. The molecule has 0 radical (unpaired) electrons. The highest BCUT2D eigenvalue weighted by molar-refractivity contribution is 6.74. The number of carbonyl (C=O) groups is 3. The Bertz CT molecular complexity index is 2170. The van der Waals surface area contributed by atoms with Crippen molar-refractivity contribution in [3.05, 3.63) is 142 Å². The van der Waals surface area contributed by atoms with E-state index in [1.54, 1.807) is 65.2 Å². The van der Waals surface area contributed by atoms with Gasteiger partial charge < -0.3 is 13.9 Å². The van der Waals surface area contributed by atoms with E-state index >= 15 is 0 Å². The molecule has 0 aliphatic carbocycles. The summed E-state index contributed by atoms with van der Waals surface area (Å²) in [5.41, 5.74) is 11.4. The van der Waals surface area contributed by atoms with Crippen molar-refractivity contribution in [1.82, 2.24) is 19.5 Å². The quantitative estimate of drug-likeness (QED) is 0.0251. The smallest absolute Gasteiger partial charge is 0.331 e. The molecule has 1 saturated heterocycles. The number of hydrogen-bond donors (Lipinski definition) is 0. The van der Waals surface area contributed by atoms with Gasteiger partial charge in [0.25, 0.3) is 11.8 Å². The van der Waals surface area contributed by atoms with Crippen LogP contribution < -0.4 is 4.90 Å². The fourth-order valence-electron chi connectivity index (χ4n) is 5.73. The molecule has 1 aliphatic heterocycles. The standard InChI is InChI=1S/C39H40N8O6Si/c1-39(2,3)54(4,5)53-33-29(21-31(48)51-23-26-15-9-6-10-16-26)30(22-44-45-40)52-38(33)46-25-43-32-34(46)41-24-42-35(32)47(36(49)27-17-11-7-12-18-27)37(50)28-19-13-8-14-20-28/h6-21,24-25,30,33,38H,22-23H2,1-5H3/b29-21+/t30-,33-,38-/m1/s1. The highest BCUT2D eigenvalue weighted by atomic mass is 28.4. The maximum absolute atomic E-state index is 14.1. The first-order valence-electron chi connectivity index (χ1n) is 17.3. The molecule has 3 heterocycles. The van der Waals surface area contributed by atoms with Crippen molar-refractivity contribution in [3.63, 3.8) is 0 Å². The number of carbonyl (C=O) groups excluding carboxylic acids is 3. The molecule has 3 atom stereocenters. The van der Waals surface area contributed by atoms with E-state index in [0.29, 0.717) is 5.57 Å². The molecule has 0 spiro atoms. The summed E-state index contributed by atoms with van der Waals surface area (Å²) in [7, 11) is -2.59. The normalized spacial score (nSPS) is 17.9. The number of fused-ring (bicyclic) bond motifs is 1. The minimum absolute atomic E-state index is 0.0350. The van der Waals surface area contributed by atoms with E-state index in [2.05, 4.69) is 58.8 Å². The van der Waals surface area contributed by atoms with Crippen molar-refractivity contribution >= 4 is 43.1 Å². The van der Waals surface area contributed by atoms with Crippen LogP contribution in [0.5, 0.6) is 0 Å². The first-order chi connectivity index (χ1) is 25.9. The Kier molecular flexibility index (Phi) is 11.1. The molecule has 14 nitrogen and oxygen atoms in total. The Morgan fingerprint density at radius 2 is 1.52 bits per heavy atom. The molecule has 0 N–H and O–H groups in total. The fraction of sp³-hybridized carbons (Fsp3) is 0.282. The SMILES string of the molecule is CC(C)(C)[Si](C)(C)O[C@@H]1/C(=C/C(=O)OCc2ccccc2)[C@@H](CN=[N+]=[N-])O[C@H]1n1cnc2c(N(C(=O)c3ccccc3)C(=O)c3ccccc3)ncnc21. The van der Waals surface area contributed by atoms with E-state index in [1.165, 1.54) is 18.7 Å². The van der Waals surface area contributed by atoms with Crippen LogP contribution in [0.3, 0.4) is 0 Å². The number of nitrogens with zero attached hydrogens (tertiary/aromatic N) is 8. The lowest BCUT2D eigenvalue weighted by molar-refractivity contribution is -0.139. The molecule has 15 heteroatoms. The van der Waals surface area contributed by atoms with E-state index in [9.17, 15) is 19.9 Å². The molecule has 2 aromatic heterocycles. The van der Waals surface area contributed by atoms with Crippen LogP contribution in [0.1, 0.15) is 53.3 Å². The predicted molar refractivity (Wildman–Crippen MR) is 204 cm³/mol. The van der Waals surface area contributed by atoms with Gasteiger partial charge in [-0.25, -0.2) is 24.6 Å². The van der Waals surface area contributed by atoms with Crippen LogP contribution in [0.2, 0.25) is 18.1 Å². The zero-order valence-electron chi connectivity index (χ0n) is 30.6. The maximum Gasteiger partial charge on any atom is 0.331 e. The largest absolute Gasteiger partial charge is 0.458 e. The van der Waals surface area contributed by atoms with Gasteiger partial charge in [0.2, 0.25) is 0 Å². The van der Waals surface area contributed by atoms with Gasteiger partial charge in [0.1, 0.15) is 19.0 Å². The molecule has 276 valence electrons. The zero-order valence-corrected chi connectivity index (χ0v) is 31.6. The van der Waals surface area contributed by atoms with E-state index < -0.39 is 44.5 Å². The topological polar surface area (TPSA) is 174 Å². The third-order valence-corrected chi connectivity index (χ3v) is 14.0. The van der Waals surface area contributed by atoms with Crippen molar-refractivity contribution in [2.75, 3.05) is 11.4 Å². The Labute approximate surface area is 313 Å². The lowest BCUT2D eigenvalue weighted by atomic mass is 10.1. The monoisotopic (exact) mass is 744 g/mol. The van der Waals surface area contributed by atoms with Crippen molar-refractivity contribution in [2.45, 2.75) is 63.9 Å². The second-order valence-corrected chi connectivity index (χ2v) is 18.9. The van der Waals surface area contributed by atoms with Crippen LogP contribution in [0, 0.1) is 0 Å². The minimum atomic E-state index is -2.59. The molecule has 5 aromatic rings. The molecule has 3 aromatic carbocycles. The van der Waals surface area contributed by atoms with Gasteiger partial charge in [0.05, 0.1) is 19.0 Å². The summed E-state index contributed by atoms with van der Waals surface area (Å²) in [6, 6.07) is 26.1. The third-order valence-electron chi connectivity index (χ3n) is 9.58. The number of aromatic nitrogens is 4. The number of azide groups is 1. The summed E-state index contributed by atoms with van der Waals surface area (Å²) >= 11 is 0. The highest BCUT2D eigenvalue weighted by Crippen LogP contribution is 2.44. The Morgan fingerprint density at radius 1 is 0.926 bits per heavy atom. The second kappa shape index (κ2) is 15.9. The molecule has 1 aliphatic rings. The summed E-state index contributed by atoms with van der Waals surface area (Å²) in [5, 5.41) is 3.53. The van der Waals surface area contributed by atoms with Crippen molar-refractivity contribution in [3.8, 4) is 0 Å². The van der Waals surface area contributed by atoms with Crippen LogP contribution >= 0.6 is 0 Å². The molecule has 6 rings (SSSR count). The van der Waals surface area contributed by atoms with Crippen LogP contribution in [-0.2, 0) is 25.3 Å². The number of hydrogen-bond acceptors (Lipinski definition) is 10. The zero-order chi connectivity index (χ0) is 38.5. The van der Waals surface area contributed by atoms with Gasteiger partial charge >= 0.3 is 5.97 Å². The average molecular weight is 745 g/mol. The molecular formula is C39H40N8O6Si.